The molecular weight excluding hydrogens is 449 g/mol. The molecule has 0 bridgehead atoms. The van der Waals surface area contributed by atoms with Crippen LogP contribution in [0, 0.1) is 12.7 Å². The number of para-hydroxylation sites is 1. The fraction of sp³-hybridized carbons (Fsp3) is 0.0741. The number of amides is 2. The van der Waals surface area contributed by atoms with Crippen LogP contribution >= 0.6 is 12.2 Å². The third-order valence-electron chi connectivity index (χ3n) is 5.78. The molecule has 2 amide bonds. The SMILES string of the molecule is Cc1ccc(Cn2cc(/C=C3/C(=O)NC(=S)N(c4ccc(F)cc4)C3=O)c3ccccc32)cc1. The summed E-state index contributed by atoms with van der Waals surface area (Å²) in [6.07, 6.45) is 3.52. The van der Waals surface area contributed by atoms with Crippen LogP contribution in [0.1, 0.15) is 16.7 Å². The normalized spacial score (nSPS) is 15.3. The van der Waals surface area contributed by atoms with Crippen LogP contribution in [0.5, 0.6) is 0 Å². The Kier molecular flexibility index (Phi) is 5.55. The lowest BCUT2D eigenvalue weighted by molar-refractivity contribution is -0.122. The maximum absolute atomic E-state index is 13.4. The number of fused-ring (bicyclic) bond motifs is 1. The maximum atomic E-state index is 13.4. The molecule has 2 heterocycles. The fourth-order valence-corrected chi connectivity index (χ4v) is 4.33. The second-order valence-corrected chi connectivity index (χ2v) is 8.54. The van der Waals surface area contributed by atoms with Gasteiger partial charge in [-0.1, -0.05) is 48.0 Å². The van der Waals surface area contributed by atoms with Crippen LogP contribution < -0.4 is 10.2 Å². The van der Waals surface area contributed by atoms with Crippen LogP contribution in [0.4, 0.5) is 10.1 Å². The molecule has 1 aliphatic heterocycles. The Labute approximate surface area is 201 Å². The van der Waals surface area contributed by atoms with Crippen LogP contribution in [-0.2, 0) is 16.1 Å². The van der Waals surface area contributed by atoms with Crippen molar-refractivity contribution in [3.63, 3.8) is 0 Å². The number of nitrogens with one attached hydrogen (secondary N) is 1. The highest BCUT2D eigenvalue weighted by Crippen LogP contribution is 2.27. The van der Waals surface area contributed by atoms with Crippen molar-refractivity contribution in [2.45, 2.75) is 13.5 Å². The first-order valence-electron chi connectivity index (χ1n) is 10.7. The molecule has 1 fully saturated rings. The van der Waals surface area contributed by atoms with Crippen LogP contribution in [-0.4, -0.2) is 21.5 Å². The van der Waals surface area contributed by atoms with Crippen molar-refractivity contribution in [2.24, 2.45) is 0 Å². The number of benzene rings is 3. The maximum Gasteiger partial charge on any atom is 0.270 e. The predicted molar refractivity (Wildman–Crippen MR) is 135 cm³/mol. The number of carbonyl (C=O) groups is 2. The molecule has 1 saturated heterocycles. The summed E-state index contributed by atoms with van der Waals surface area (Å²) in [5.41, 5.74) is 4.40. The number of hydrogen-bond donors (Lipinski definition) is 1. The van der Waals surface area contributed by atoms with Gasteiger partial charge in [-0.2, -0.15) is 0 Å². The van der Waals surface area contributed by atoms with E-state index in [9.17, 15) is 14.0 Å². The number of nitrogens with zero attached hydrogens (tertiary/aromatic N) is 2. The van der Waals surface area contributed by atoms with E-state index in [1.54, 1.807) is 6.08 Å². The lowest BCUT2D eigenvalue weighted by atomic mass is 10.1. The minimum atomic E-state index is -0.566. The van der Waals surface area contributed by atoms with Gasteiger partial charge in [0, 0.05) is 29.2 Å². The number of hydrogen-bond acceptors (Lipinski definition) is 3. The highest BCUT2D eigenvalue weighted by molar-refractivity contribution is 7.80. The van der Waals surface area contributed by atoms with Crippen molar-refractivity contribution < 1.29 is 14.0 Å². The minimum absolute atomic E-state index is 0.0412. The van der Waals surface area contributed by atoms with Crippen LogP contribution in [0.25, 0.3) is 17.0 Å². The fourth-order valence-electron chi connectivity index (χ4n) is 4.05. The zero-order chi connectivity index (χ0) is 23.8. The Morgan fingerprint density at radius 1 is 0.971 bits per heavy atom. The van der Waals surface area contributed by atoms with Gasteiger partial charge in [-0.25, -0.2) is 4.39 Å². The third-order valence-corrected chi connectivity index (χ3v) is 6.06. The van der Waals surface area contributed by atoms with Crippen molar-refractivity contribution in [1.29, 1.82) is 0 Å². The second kappa shape index (κ2) is 8.68. The zero-order valence-corrected chi connectivity index (χ0v) is 19.1. The average Bonchev–Trinajstić information content (AvgIpc) is 3.16. The van der Waals surface area contributed by atoms with E-state index in [-0.39, 0.29) is 10.7 Å². The number of aryl methyl sites for hydroxylation is 1. The molecule has 0 saturated carbocycles. The molecule has 5 nitrogen and oxygen atoms in total. The first-order chi connectivity index (χ1) is 16.4. The van der Waals surface area contributed by atoms with E-state index in [2.05, 4.69) is 34.1 Å². The lowest BCUT2D eigenvalue weighted by Crippen LogP contribution is -2.54. The van der Waals surface area contributed by atoms with Gasteiger partial charge in [0.15, 0.2) is 5.11 Å². The van der Waals surface area contributed by atoms with Gasteiger partial charge in [0.25, 0.3) is 11.8 Å². The van der Waals surface area contributed by atoms with Gasteiger partial charge in [0.1, 0.15) is 11.4 Å². The first kappa shape index (κ1) is 21.7. The molecule has 0 radical (unpaired) electrons. The van der Waals surface area contributed by atoms with Gasteiger partial charge in [-0.05, 0) is 61.1 Å². The standard InChI is InChI=1S/C27H20FN3O2S/c1-17-6-8-18(9-7-17)15-30-16-19(22-4-2-3-5-24(22)30)14-23-25(32)29-27(34)31(26(23)33)21-12-10-20(28)11-13-21/h2-14,16H,15H2,1H3,(H,29,32,34)/b23-14-. The van der Waals surface area contributed by atoms with E-state index in [1.807, 2.05) is 37.4 Å². The number of thiocarbonyl (C=S) groups is 1. The Hall–Kier alpha value is -4.10. The Balaban J connectivity index is 1.56. The Morgan fingerprint density at radius 2 is 1.68 bits per heavy atom. The van der Waals surface area contributed by atoms with Crippen molar-refractivity contribution in [3.8, 4) is 0 Å². The van der Waals surface area contributed by atoms with Crippen LogP contribution in [0.2, 0.25) is 0 Å². The largest absolute Gasteiger partial charge is 0.342 e. The molecule has 0 aliphatic carbocycles. The summed E-state index contributed by atoms with van der Waals surface area (Å²) in [5, 5.41) is 3.45. The third kappa shape index (κ3) is 4.02. The Bertz CT molecular complexity index is 1470. The van der Waals surface area contributed by atoms with Crippen molar-refractivity contribution in [2.75, 3.05) is 4.90 Å². The monoisotopic (exact) mass is 469 g/mol. The van der Waals surface area contributed by atoms with Gasteiger partial charge < -0.3 is 4.57 Å². The summed E-state index contributed by atoms with van der Waals surface area (Å²) in [7, 11) is 0. The van der Waals surface area contributed by atoms with Crippen molar-refractivity contribution >= 4 is 51.8 Å². The van der Waals surface area contributed by atoms with Crippen LogP contribution in [0.3, 0.4) is 0 Å². The van der Waals surface area contributed by atoms with Gasteiger partial charge in [-0.15, -0.1) is 0 Å². The Morgan fingerprint density at radius 3 is 2.41 bits per heavy atom. The topological polar surface area (TPSA) is 54.3 Å². The smallest absolute Gasteiger partial charge is 0.270 e. The lowest BCUT2D eigenvalue weighted by Gasteiger charge is -2.28. The van der Waals surface area contributed by atoms with Crippen LogP contribution in [0.15, 0.2) is 84.6 Å². The molecule has 7 heteroatoms. The molecule has 1 aromatic heterocycles. The van der Waals surface area contributed by atoms with E-state index in [1.165, 1.54) is 34.7 Å². The van der Waals surface area contributed by atoms with E-state index in [0.717, 1.165) is 22.0 Å². The highest BCUT2D eigenvalue weighted by atomic mass is 32.1. The molecule has 1 aliphatic rings. The van der Waals surface area contributed by atoms with E-state index in [0.29, 0.717) is 12.2 Å². The van der Waals surface area contributed by atoms with Crippen molar-refractivity contribution in [3.05, 3.63) is 107 Å². The summed E-state index contributed by atoms with van der Waals surface area (Å²) >= 11 is 5.22. The summed E-state index contributed by atoms with van der Waals surface area (Å²) in [4.78, 5) is 27.2. The number of aromatic nitrogens is 1. The quantitative estimate of drug-likeness (QED) is 0.261. The molecule has 0 spiro atoms. The molecular formula is C27H20FN3O2S. The van der Waals surface area contributed by atoms with E-state index in [4.69, 9.17) is 12.2 Å². The summed E-state index contributed by atoms with van der Waals surface area (Å²) in [6.45, 7) is 2.70. The summed E-state index contributed by atoms with van der Waals surface area (Å²) in [6, 6.07) is 21.5. The zero-order valence-electron chi connectivity index (χ0n) is 18.3. The molecule has 0 atom stereocenters. The summed E-state index contributed by atoms with van der Waals surface area (Å²) in [5.74, 6) is -1.56. The number of anilines is 1. The van der Waals surface area contributed by atoms with Gasteiger partial charge in [-0.3, -0.25) is 19.8 Å². The minimum Gasteiger partial charge on any atom is -0.342 e. The van der Waals surface area contributed by atoms with Gasteiger partial charge in [0.05, 0.1) is 5.69 Å². The summed E-state index contributed by atoms with van der Waals surface area (Å²) < 4.78 is 15.5. The molecule has 168 valence electrons. The molecule has 1 N–H and O–H groups in total. The highest BCUT2D eigenvalue weighted by Gasteiger charge is 2.34. The molecule has 0 unspecified atom stereocenters. The predicted octanol–water partition coefficient (Wildman–Crippen LogP) is 4.97. The molecule has 5 rings (SSSR count). The number of halogens is 1. The molecule has 3 aromatic carbocycles. The number of rotatable bonds is 4. The molecule has 4 aromatic rings. The van der Waals surface area contributed by atoms with Gasteiger partial charge in [0.2, 0.25) is 0 Å². The van der Waals surface area contributed by atoms with Crippen molar-refractivity contribution in [1.82, 2.24) is 9.88 Å². The average molecular weight is 470 g/mol. The molecule has 34 heavy (non-hydrogen) atoms. The van der Waals surface area contributed by atoms with Gasteiger partial charge >= 0.3 is 0 Å². The van der Waals surface area contributed by atoms with E-state index < -0.39 is 17.6 Å². The van der Waals surface area contributed by atoms with E-state index >= 15 is 0 Å². The second-order valence-electron chi connectivity index (χ2n) is 8.15. The first-order valence-corrected chi connectivity index (χ1v) is 11.1. The number of carbonyl (C=O) groups excluding carboxylic acids is 2.